The second-order valence-electron chi connectivity index (χ2n) is 4.19. The van der Waals surface area contributed by atoms with Gasteiger partial charge < -0.3 is 9.64 Å². The summed E-state index contributed by atoms with van der Waals surface area (Å²) in [5, 5.41) is 0.859. The minimum atomic E-state index is 0.693. The highest BCUT2D eigenvalue weighted by Gasteiger charge is 2.05. The Balaban J connectivity index is 0.000000184. The molecule has 2 rings (SSSR count). The second kappa shape index (κ2) is 8.11. The fraction of sp³-hybridized carbons (Fsp3) is 0.500. The third kappa shape index (κ3) is 5.07. The minimum absolute atomic E-state index is 0.693. The van der Waals surface area contributed by atoms with E-state index in [9.17, 15) is 4.79 Å². The minimum Gasteiger partial charge on any atom is -0.378 e. The summed E-state index contributed by atoms with van der Waals surface area (Å²) >= 11 is 5.84. The monoisotopic (exact) mass is 269 g/mol. The number of benzene rings is 1. The van der Waals surface area contributed by atoms with Gasteiger partial charge in [0.15, 0.2) is 0 Å². The Morgan fingerprint density at radius 1 is 1.39 bits per heavy atom. The number of carbonyl (C=O) groups excluding carboxylic acids is 1. The lowest BCUT2D eigenvalue weighted by Crippen LogP contribution is -2.34. The molecule has 100 valence electrons. The molecular weight excluding hydrogens is 250 g/mol. The van der Waals surface area contributed by atoms with E-state index in [1.807, 2.05) is 13.0 Å². The number of halogens is 1. The molecule has 0 radical (unpaired) electrons. The van der Waals surface area contributed by atoms with Gasteiger partial charge in [-0.2, -0.15) is 0 Å². The maximum absolute atomic E-state index is 10.0. The zero-order valence-electron chi connectivity index (χ0n) is 11.0. The molecule has 18 heavy (non-hydrogen) atoms. The van der Waals surface area contributed by atoms with Gasteiger partial charge in [0.2, 0.25) is 6.41 Å². The van der Waals surface area contributed by atoms with Crippen LogP contribution >= 0.6 is 11.6 Å². The van der Waals surface area contributed by atoms with Crippen molar-refractivity contribution < 1.29 is 9.53 Å². The third-order valence-corrected chi connectivity index (χ3v) is 3.25. The van der Waals surface area contributed by atoms with Gasteiger partial charge in [-0.15, -0.1) is 0 Å². The summed E-state index contributed by atoms with van der Waals surface area (Å²) in [5.74, 6) is 0. The van der Waals surface area contributed by atoms with E-state index in [1.54, 1.807) is 4.90 Å². The summed E-state index contributed by atoms with van der Waals surface area (Å²) in [7, 11) is 0. The number of carbonyl (C=O) groups is 1. The summed E-state index contributed by atoms with van der Waals surface area (Å²) in [6, 6.07) is 6.15. The smallest absolute Gasteiger partial charge is 0.209 e. The number of amides is 1. The van der Waals surface area contributed by atoms with Gasteiger partial charge in [0.25, 0.3) is 0 Å². The standard InChI is InChI=1S/C9H11Cl.C5H9NO2/c1-3-8-4-5-9(10)7(2)6-8;7-5-6-1-3-8-4-2-6/h4-6H,3H2,1-2H3;5H,1-4H2. The maximum Gasteiger partial charge on any atom is 0.209 e. The zero-order chi connectivity index (χ0) is 13.4. The molecule has 1 aliphatic heterocycles. The Morgan fingerprint density at radius 2 is 2.06 bits per heavy atom. The van der Waals surface area contributed by atoms with Crippen molar-refractivity contribution in [1.82, 2.24) is 4.90 Å². The molecule has 1 aromatic rings. The lowest BCUT2D eigenvalue weighted by molar-refractivity contribution is -0.121. The molecule has 4 heteroatoms. The normalized spacial score (nSPS) is 14.7. The molecule has 1 amide bonds. The van der Waals surface area contributed by atoms with Crippen LogP contribution < -0.4 is 0 Å². The highest BCUT2D eigenvalue weighted by molar-refractivity contribution is 6.31. The second-order valence-corrected chi connectivity index (χ2v) is 4.60. The number of ether oxygens (including phenoxy) is 1. The fourth-order valence-electron chi connectivity index (χ4n) is 1.61. The molecule has 1 aliphatic rings. The van der Waals surface area contributed by atoms with Crippen LogP contribution in [0.15, 0.2) is 18.2 Å². The van der Waals surface area contributed by atoms with Gasteiger partial charge in [-0.1, -0.05) is 30.7 Å². The first-order valence-corrected chi connectivity index (χ1v) is 6.57. The van der Waals surface area contributed by atoms with Crippen molar-refractivity contribution in [2.75, 3.05) is 26.3 Å². The molecule has 0 spiro atoms. The van der Waals surface area contributed by atoms with Crippen LogP contribution in [0.5, 0.6) is 0 Å². The van der Waals surface area contributed by atoms with Gasteiger partial charge in [0.05, 0.1) is 13.2 Å². The van der Waals surface area contributed by atoms with Gasteiger partial charge in [-0.25, -0.2) is 0 Å². The summed E-state index contributed by atoms with van der Waals surface area (Å²) in [6.45, 7) is 7.06. The van der Waals surface area contributed by atoms with E-state index < -0.39 is 0 Å². The van der Waals surface area contributed by atoms with Gasteiger partial charge in [-0.05, 0) is 30.5 Å². The van der Waals surface area contributed by atoms with Crippen LogP contribution in [0.2, 0.25) is 5.02 Å². The van der Waals surface area contributed by atoms with Gasteiger partial charge in [0, 0.05) is 18.1 Å². The van der Waals surface area contributed by atoms with E-state index in [4.69, 9.17) is 16.3 Å². The fourth-order valence-corrected chi connectivity index (χ4v) is 1.73. The summed E-state index contributed by atoms with van der Waals surface area (Å²) in [4.78, 5) is 11.7. The Hall–Kier alpha value is -1.06. The molecule has 1 fully saturated rings. The van der Waals surface area contributed by atoms with E-state index in [2.05, 4.69) is 19.1 Å². The average molecular weight is 270 g/mol. The van der Waals surface area contributed by atoms with Crippen LogP contribution in [-0.2, 0) is 16.0 Å². The number of rotatable bonds is 2. The largest absolute Gasteiger partial charge is 0.378 e. The van der Waals surface area contributed by atoms with Crippen molar-refractivity contribution in [2.24, 2.45) is 0 Å². The van der Waals surface area contributed by atoms with Crippen molar-refractivity contribution in [2.45, 2.75) is 20.3 Å². The summed E-state index contributed by atoms with van der Waals surface area (Å²) in [6.07, 6.45) is 1.94. The van der Waals surface area contributed by atoms with E-state index in [1.165, 1.54) is 11.1 Å². The number of hydrogen-bond acceptors (Lipinski definition) is 2. The first-order valence-electron chi connectivity index (χ1n) is 6.19. The molecule has 0 bridgehead atoms. The molecule has 0 N–H and O–H groups in total. The Morgan fingerprint density at radius 3 is 2.50 bits per heavy atom. The number of aryl methyl sites for hydroxylation is 2. The predicted molar refractivity (Wildman–Crippen MR) is 74.0 cm³/mol. The van der Waals surface area contributed by atoms with Crippen LogP contribution in [0, 0.1) is 6.92 Å². The Labute approximate surface area is 114 Å². The molecule has 1 aromatic carbocycles. The number of nitrogens with zero attached hydrogens (tertiary/aromatic N) is 1. The maximum atomic E-state index is 10.0. The molecule has 1 heterocycles. The number of hydrogen-bond donors (Lipinski definition) is 0. The van der Waals surface area contributed by atoms with Crippen molar-refractivity contribution in [3.8, 4) is 0 Å². The first-order chi connectivity index (χ1) is 8.67. The van der Waals surface area contributed by atoms with Crippen LogP contribution in [0.1, 0.15) is 18.1 Å². The van der Waals surface area contributed by atoms with Gasteiger partial charge in [-0.3, -0.25) is 4.79 Å². The zero-order valence-corrected chi connectivity index (χ0v) is 11.7. The average Bonchev–Trinajstić information content (AvgIpc) is 2.43. The van der Waals surface area contributed by atoms with E-state index in [-0.39, 0.29) is 0 Å². The van der Waals surface area contributed by atoms with E-state index in [0.717, 1.165) is 30.9 Å². The molecular formula is C14H20ClNO2. The summed E-state index contributed by atoms with van der Waals surface area (Å²) < 4.78 is 5.00. The molecule has 0 saturated carbocycles. The van der Waals surface area contributed by atoms with Crippen LogP contribution in [0.4, 0.5) is 0 Å². The van der Waals surface area contributed by atoms with Crippen molar-refractivity contribution in [3.63, 3.8) is 0 Å². The van der Waals surface area contributed by atoms with Crippen molar-refractivity contribution in [3.05, 3.63) is 34.3 Å². The Bertz CT molecular complexity index is 376. The Kier molecular flexibility index (Phi) is 6.76. The lowest BCUT2D eigenvalue weighted by Gasteiger charge is -2.21. The van der Waals surface area contributed by atoms with Gasteiger partial charge >= 0.3 is 0 Å². The van der Waals surface area contributed by atoms with E-state index in [0.29, 0.717) is 13.2 Å². The molecule has 0 aliphatic carbocycles. The highest BCUT2D eigenvalue weighted by atomic mass is 35.5. The van der Waals surface area contributed by atoms with Crippen molar-refractivity contribution in [1.29, 1.82) is 0 Å². The topological polar surface area (TPSA) is 29.5 Å². The SMILES string of the molecule is CCc1ccc(Cl)c(C)c1.O=CN1CCOCC1. The molecule has 1 saturated heterocycles. The predicted octanol–water partition coefficient (Wildman–Crippen LogP) is 2.69. The lowest BCUT2D eigenvalue weighted by atomic mass is 10.1. The van der Waals surface area contributed by atoms with Crippen molar-refractivity contribution >= 4 is 18.0 Å². The van der Waals surface area contributed by atoms with Crippen LogP contribution in [0.3, 0.4) is 0 Å². The molecule has 0 aromatic heterocycles. The first kappa shape index (κ1) is 15.0. The quantitative estimate of drug-likeness (QED) is 0.773. The van der Waals surface area contributed by atoms with Crippen LogP contribution in [-0.4, -0.2) is 37.6 Å². The van der Waals surface area contributed by atoms with E-state index >= 15 is 0 Å². The third-order valence-electron chi connectivity index (χ3n) is 2.83. The highest BCUT2D eigenvalue weighted by Crippen LogP contribution is 2.16. The van der Waals surface area contributed by atoms with Gasteiger partial charge in [0.1, 0.15) is 0 Å². The molecule has 0 atom stereocenters. The molecule has 0 unspecified atom stereocenters. The molecule has 3 nitrogen and oxygen atoms in total. The van der Waals surface area contributed by atoms with Crippen LogP contribution in [0.25, 0.3) is 0 Å². The summed E-state index contributed by atoms with van der Waals surface area (Å²) in [5.41, 5.74) is 2.52. The number of morpholine rings is 1.